The summed E-state index contributed by atoms with van der Waals surface area (Å²) in [6, 6.07) is 22.5. The number of hydrogen-bond acceptors (Lipinski definition) is 2. The molecule has 0 heterocycles. The summed E-state index contributed by atoms with van der Waals surface area (Å²) in [6.45, 7) is 0. The normalized spacial score (nSPS) is 11.4. The highest BCUT2D eigenvalue weighted by atomic mass is 16.4. The Morgan fingerprint density at radius 2 is 0.714 bits per heavy atom. The van der Waals surface area contributed by atoms with E-state index in [2.05, 4.69) is 24.3 Å². The summed E-state index contributed by atoms with van der Waals surface area (Å²) >= 11 is 0. The number of hydrogen-bond donors (Lipinski definition) is 2. The zero-order valence-corrected chi connectivity index (χ0v) is 14.6. The third kappa shape index (κ3) is 2.55. The van der Waals surface area contributed by atoms with E-state index >= 15 is 0 Å². The van der Waals surface area contributed by atoms with E-state index in [-0.39, 0.29) is 11.1 Å². The molecule has 0 fully saturated rings. The third-order valence-electron chi connectivity index (χ3n) is 5.20. The predicted octanol–water partition coefficient (Wildman–Crippen LogP) is 5.70. The van der Waals surface area contributed by atoms with Crippen molar-refractivity contribution in [1.82, 2.24) is 0 Å². The summed E-state index contributed by atoms with van der Waals surface area (Å²) in [7, 11) is 0. The number of aromatic carboxylic acids is 2. The van der Waals surface area contributed by atoms with Gasteiger partial charge in [0.1, 0.15) is 0 Å². The van der Waals surface area contributed by atoms with Gasteiger partial charge in [0, 0.05) is 0 Å². The second-order valence-electron chi connectivity index (χ2n) is 6.99. The monoisotopic (exact) mass is 366 g/mol. The molecule has 0 bridgehead atoms. The molecule has 0 saturated carbocycles. The first-order chi connectivity index (χ1) is 13.5. The standard InChI is InChI=1S/C24H14O4/c25-23(26)15-3-1-13-5-19-11-20-6-14-2-4-16(24(27)28)8-18(14)10-22(20)12-21(19)9-17(13)7-15/h1-12H,(H,25,26)(H,27,28). The fourth-order valence-electron chi connectivity index (χ4n) is 3.77. The molecule has 0 saturated heterocycles. The zero-order chi connectivity index (χ0) is 19.4. The molecule has 5 rings (SSSR count). The van der Waals surface area contributed by atoms with Crippen molar-refractivity contribution >= 4 is 55.0 Å². The summed E-state index contributed by atoms with van der Waals surface area (Å²) < 4.78 is 0. The minimum absolute atomic E-state index is 0.264. The van der Waals surface area contributed by atoms with Crippen LogP contribution in [0.4, 0.5) is 0 Å². The summed E-state index contributed by atoms with van der Waals surface area (Å²) in [5.41, 5.74) is 0.527. The van der Waals surface area contributed by atoms with Crippen LogP contribution < -0.4 is 0 Å². The molecule has 0 atom stereocenters. The summed E-state index contributed by atoms with van der Waals surface area (Å²) in [5.74, 6) is -1.89. The lowest BCUT2D eigenvalue weighted by atomic mass is 9.96. The van der Waals surface area contributed by atoms with E-state index in [0.717, 1.165) is 43.1 Å². The Kier molecular flexibility index (Phi) is 3.36. The highest BCUT2D eigenvalue weighted by Crippen LogP contribution is 2.31. The van der Waals surface area contributed by atoms with Crippen LogP contribution in [-0.2, 0) is 0 Å². The molecule has 0 aliphatic carbocycles. The average Bonchev–Trinajstić information content (AvgIpc) is 2.68. The van der Waals surface area contributed by atoms with Crippen molar-refractivity contribution in [3.63, 3.8) is 0 Å². The SMILES string of the molecule is O=C(O)c1ccc2cc3cc4cc5ccc(C(=O)O)cc5cc4cc3cc2c1. The van der Waals surface area contributed by atoms with E-state index < -0.39 is 11.9 Å². The molecular formula is C24H14O4. The number of benzene rings is 5. The lowest BCUT2D eigenvalue weighted by Crippen LogP contribution is -1.95. The molecule has 28 heavy (non-hydrogen) atoms. The van der Waals surface area contributed by atoms with E-state index in [0.29, 0.717) is 0 Å². The maximum absolute atomic E-state index is 11.2. The highest BCUT2D eigenvalue weighted by Gasteiger charge is 2.08. The quantitative estimate of drug-likeness (QED) is 0.393. The predicted molar refractivity (Wildman–Crippen MR) is 110 cm³/mol. The van der Waals surface area contributed by atoms with Gasteiger partial charge in [-0.2, -0.15) is 0 Å². The first-order valence-electron chi connectivity index (χ1n) is 8.80. The molecule has 134 valence electrons. The van der Waals surface area contributed by atoms with Crippen LogP contribution in [0.15, 0.2) is 72.8 Å². The second-order valence-corrected chi connectivity index (χ2v) is 6.99. The lowest BCUT2D eigenvalue weighted by Gasteiger charge is -2.08. The van der Waals surface area contributed by atoms with Crippen LogP contribution >= 0.6 is 0 Å². The van der Waals surface area contributed by atoms with Gasteiger partial charge in [-0.25, -0.2) is 9.59 Å². The highest BCUT2D eigenvalue weighted by molar-refractivity contribution is 6.09. The number of fused-ring (bicyclic) bond motifs is 4. The van der Waals surface area contributed by atoms with Crippen LogP contribution in [0.3, 0.4) is 0 Å². The van der Waals surface area contributed by atoms with Gasteiger partial charge in [-0.3, -0.25) is 0 Å². The second kappa shape index (κ2) is 5.79. The Balaban J connectivity index is 1.78. The van der Waals surface area contributed by atoms with Gasteiger partial charge in [0.15, 0.2) is 0 Å². The summed E-state index contributed by atoms with van der Waals surface area (Å²) in [6.07, 6.45) is 0. The molecule has 4 heteroatoms. The van der Waals surface area contributed by atoms with Gasteiger partial charge < -0.3 is 10.2 Å². The van der Waals surface area contributed by atoms with Crippen molar-refractivity contribution in [3.8, 4) is 0 Å². The van der Waals surface area contributed by atoms with Crippen LogP contribution in [0, 0.1) is 0 Å². The number of rotatable bonds is 2. The van der Waals surface area contributed by atoms with Gasteiger partial charge in [0.05, 0.1) is 11.1 Å². The fourth-order valence-corrected chi connectivity index (χ4v) is 3.77. The average molecular weight is 366 g/mol. The van der Waals surface area contributed by atoms with Gasteiger partial charge in [-0.1, -0.05) is 12.1 Å². The molecule has 0 unspecified atom stereocenters. The van der Waals surface area contributed by atoms with Crippen molar-refractivity contribution < 1.29 is 19.8 Å². The molecule has 0 aromatic heterocycles. The smallest absolute Gasteiger partial charge is 0.335 e. The largest absolute Gasteiger partial charge is 0.478 e. The first kappa shape index (κ1) is 16.3. The molecule has 0 aliphatic heterocycles. The Labute approximate surface area is 159 Å². The Morgan fingerprint density at radius 1 is 0.429 bits per heavy atom. The Bertz CT molecular complexity index is 1360. The molecule has 4 nitrogen and oxygen atoms in total. The molecule has 5 aromatic rings. The van der Waals surface area contributed by atoms with Crippen molar-refractivity contribution in [1.29, 1.82) is 0 Å². The van der Waals surface area contributed by atoms with Crippen LogP contribution in [0.1, 0.15) is 20.7 Å². The van der Waals surface area contributed by atoms with Crippen molar-refractivity contribution in [2.75, 3.05) is 0 Å². The minimum Gasteiger partial charge on any atom is -0.478 e. The first-order valence-corrected chi connectivity index (χ1v) is 8.80. The molecule has 0 aliphatic rings. The summed E-state index contributed by atoms with van der Waals surface area (Å²) in [5, 5.41) is 26.3. The van der Waals surface area contributed by atoms with Crippen LogP contribution in [-0.4, -0.2) is 22.2 Å². The van der Waals surface area contributed by atoms with Crippen molar-refractivity contribution in [2.45, 2.75) is 0 Å². The number of carboxylic acid groups (broad SMARTS) is 2. The van der Waals surface area contributed by atoms with Crippen LogP contribution in [0.25, 0.3) is 43.1 Å². The van der Waals surface area contributed by atoms with Crippen molar-refractivity contribution in [3.05, 3.63) is 83.9 Å². The zero-order valence-electron chi connectivity index (χ0n) is 14.6. The van der Waals surface area contributed by atoms with E-state index in [1.165, 1.54) is 0 Å². The molecule has 2 N–H and O–H groups in total. The number of carboxylic acids is 2. The van der Waals surface area contributed by atoms with E-state index in [1.807, 2.05) is 24.3 Å². The van der Waals surface area contributed by atoms with Gasteiger partial charge in [0.2, 0.25) is 0 Å². The number of carbonyl (C=O) groups is 2. The summed E-state index contributed by atoms with van der Waals surface area (Å²) in [4.78, 5) is 22.5. The third-order valence-corrected chi connectivity index (χ3v) is 5.20. The van der Waals surface area contributed by atoms with Crippen molar-refractivity contribution in [2.24, 2.45) is 0 Å². The fraction of sp³-hybridized carbons (Fsp3) is 0. The lowest BCUT2D eigenvalue weighted by molar-refractivity contribution is 0.0686. The maximum Gasteiger partial charge on any atom is 0.335 e. The maximum atomic E-state index is 11.2. The van der Waals surface area contributed by atoms with Crippen LogP contribution in [0.5, 0.6) is 0 Å². The molecule has 0 amide bonds. The Morgan fingerprint density at radius 3 is 1.04 bits per heavy atom. The van der Waals surface area contributed by atoms with Gasteiger partial charge in [-0.05, 0) is 104 Å². The van der Waals surface area contributed by atoms with Gasteiger partial charge >= 0.3 is 11.9 Å². The van der Waals surface area contributed by atoms with E-state index in [1.54, 1.807) is 24.3 Å². The van der Waals surface area contributed by atoms with Gasteiger partial charge in [0.25, 0.3) is 0 Å². The topological polar surface area (TPSA) is 74.6 Å². The van der Waals surface area contributed by atoms with E-state index in [4.69, 9.17) is 0 Å². The molecule has 5 aromatic carbocycles. The van der Waals surface area contributed by atoms with Gasteiger partial charge in [-0.15, -0.1) is 0 Å². The molecule has 0 radical (unpaired) electrons. The van der Waals surface area contributed by atoms with E-state index in [9.17, 15) is 19.8 Å². The van der Waals surface area contributed by atoms with Crippen LogP contribution in [0.2, 0.25) is 0 Å². The minimum atomic E-state index is -0.943. The Hall–Kier alpha value is -3.92. The molecular weight excluding hydrogens is 352 g/mol. The molecule has 0 spiro atoms.